The zero-order valence-corrected chi connectivity index (χ0v) is 13.2. The lowest BCUT2D eigenvalue weighted by atomic mass is 9.85. The van der Waals surface area contributed by atoms with Gasteiger partial charge in [0.1, 0.15) is 0 Å². The lowest BCUT2D eigenvalue weighted by Gasteiger charge is -2.16. The minimum absolute atomic E-state index is 0.0896. The number of nitrogens with one attached hydrogen (secondary N) is 1. The third-order valence-corrected chi connectivity index (χ3v) is 4.06. The topological polar surface area (TPSA) is 136 Å². The van der Waals surface area contributed by atoms with Crippen molar-refractivity contribution in [3.05, 3.63) is 12.2 Å². The highest BCUT2D eigenvalue weighted by molar-refractivity contribution is 6.05. The molecule has 1 aliphatic heterocycles. The minimum Gasteiger partial charge on any atom is -0.452 e. The smallest absolute Gasteiger partial charge is 0.318 e. The Kier molecular flexibility index (Phi) is 5.32. The van der Waals surface area contributed by atoms with E-state index in [0.29, 0.717) is 12.8 Å². The van der Waals surface area contributed by atoms with Gasteiger partial charge in [-0.2, -0.15) is 0 Å². The van der Waals surface area contributed by atoms with Gasteiger partial charge in [0.2, 0.25) is 11.8 Å². The molecule has 3 atom stereocenters. The molecule has 3 N–H and O–H groups in total. The van der Waals surface area contributed by atoms with Crippen LogP contribution in [0.1, 0.15) is 26.2 Å². The molecule has 2 rings (SSSR count). The molecule has 9 heteroatoms. The molecule has 0 saturated carbocycles. The molecule has 0 aromatic carbocycles. The number of imide groups is 2. The van der Waals surface area contributed by atoms with Gasteiger partial charge >= 0.3 is 12.0 Å². The van der Waals surface area contributed by atoms with Crippen LogP contribution in [0.25, 0.3) is 0 Å². The third kappa shape index (κ3) is 3.79. The predicted molar refractivity (Wildman–Crippen MR) is 80.0 cm³/mol. The van der Waals surface area contributed by atoms with Crippen molar-refractivity contribution in [1.82, 2.24) is 10.2 Å². The molecule has 9 nitrogen and oxygen atoms in total. The number of esters is 1. The Morgan fingerprint density at radius 3 is 2.29 bits per heavy atom. The van der Waals surface area contributed by atoms with E-state index in [-0.39, 0.29) is 36.6 Å². The van der Waals surface area contributed by atoms with Gasteiger partial charge in [-0.05, 0) is 19.8 Å². The number of nitrogens with two attached hydrogens (primary N) is 1. The predicted octanol–water partition coefficient (Wildman–Crippen LogP) is -0.546. The molecular weight excluding hydrogens is 318 g/mol. The highest BCUT2D eigenvalue weighted by Gasteiger charge is 2.46. The van der Waals surface area contributed by atoms with Gasteiger partial charge in [-0.25, -0.2) is 4.79 Å². The Morgan fingerprint density at radius 2 is 1.79 bits per heavy atom. The average molecular weight is 337 g/mol. The van der Waals surface area contributed by atoms with Gasteiger partial charge in [-0.1, -0.05) is 12.2 Å². The summed E-state index contributed by atoms with van der Waals surface area (Å²) in [5, 5.41) is 1.79. The van der Waals surface area contributed by atoms with Crippen LogP contribution < -0.4 is 11.1 Å². The highest BCUT2D eigenvalue weighted by Crippen LogP contribution is 2.34. The number of ether oxygens (including phenoxy) is 1. The first-order valence-electron chi connectivity index (χ1n) is 7.61. The fraction of sp³-hybridized carbons (Fsp3) is 0.533. The maximum absolute atomic E-state index is 12.2. The molecule has 0 spiro atoms. The normalized spacial score (nSPS) is 23.6. The van der Waals surface area contributed by atoms with Gasteiger partial charge in [-0.15, -0.1) is 0 Å². The van der Waals surface area contributed by atoms with Gasteiger partial charge in [-0.3, -0.25) is 29.4 Å². The Hall–Kier alpha value is -2.71. The fourth-order valence-electron chi connectivity index (χ4n) is 2.83. The van der Waals surface area contributed by atoms with E-state index >= 15 is 0 Å². The number of primary amides is 1. The number of hydrogen-bond donors (Lipinski definition) is 2. The van der Waals surface area contributed by atoms with E-state index in [1.54, 1.807) is 5.32 Å². The van der Waals surface area contributed by atoms with Gasteiger partial charge < -0.3 is 10.5 Å². The number of fused-ring (bicyclic) bond motifs is 1. The van der Waals surface area contributed by atoms with Crippen molar-refractivity contribution in [3.63, 3.8) is 0 Å². The Morgan fingerprint density at radius 1 is 1.25 bits per heavy atom. The van der Waals surface area contributed by atoms with Crippen LogP contribution in [0.5, 0.6) is 0 Å². The van der Waals surface area contributed by atoms with Gasteiger partial charge in [0.15, 0.2) is 6.10 Å². The molecule has 0 unspecified atom stereocenters. The number of likely N-dealkylation sites (tertiary alicyclic amines) is 1. The summed E-state index contributed by atoms with van der Waals surface area (Å²) in [7, 11) is 0. The zero-order chi connectivity index (χ0) is 17.9. The van der Waals surface area contributed by atoms with E-state index in [2.05, 4.69) is 0 Å². The Labute approximate surface area is 138 Å². The molecule has 0 bridgehead atoms. The summed E-state index contributed by atoms with van der Waals surface area (Å²) in [6.45, 7) is 1.19. The van der Waals surface area contributed by atoms with Gasteiger partial charge in [0.05, 0.1) is 18.3 Å². The number of carbonyl (C=O) groups is 5. The first kappa shape index (κ1) is 17.6. The summed E-state index contributed by atoms with van der Waals surface area (Å²) in [6.07, 6.45) is 3.38. The number of hydrogen-bond acceptors (Lipinski definition) is 6. The largest absolute Gasteiger partial charge is 0.452 e. The fourth-order valence-corrected chi connectivity index (χ4v) is 2.83. The summed E-state index contributed by atoms with van der Waals surface area (Å²) < 4.78 is 4.84. The third-order valence-electron chi connectivity index (χ3n) is 4.06. The number of allylic oxidation sites excluding steroid dienone is 2. The summed E-state index contributed by atoms with van der Waals surface area (Å²) in [6, 6.07) is -1.05. The van der Waals surface area contributed by atoms with Crippen LogP contribution in [0.4, 0.5) is 4.79 Å². The Bertz CT molecular complexity index is 588. The maximum atomic E-state index is 12.2. The second kappa shape index (κ2) is 7.24. The van der Waals surface area contributed by atoms with Crippen molar-refractivity contribution in [2.75, 3.05) is 6.54 Å². The van der Waals surface area contributed by atoms with Crippen LogP contribution in [0, 0.1) is 11.8 Å². The quantitative estimate of drug-likeness (QED) is 0.392. The van der Waals surface area contributed by atoms with Crippen LogP contribution in [0.2, 0.25) is 0 Å². The summed E-state index contributed by atoms with van der Waals surface area (Å²) in [5.74, 6) is -2.85. The maximum Gasteiger partial charge on any atom is 0.318 e. The van der Waals surface area contributed by atoms with E-state index in [9.17, 15) is 24.0 Å². The van der Waals surface area contributed by atoms with Gasteiger partial charge in [0, 0.05) is 6.54 Å². The molecule has 0 radical (unpaired) electrons. The summed E-state index contributed by atoms with van der Waals surface area (Å²) in [5.41, 5.74) is 4.79. The number of amides is 5. The van der Waals surface area contributed by atoms with Crippen molar-refractivity contribution in [2.24, 2.45) is 17.6 Å². The molecule has 1 fully saturated rings. The molecule has 2 aliphatic rings. The molecule has 0 aromatic heterocycles. The SMILES string of the molecule is C[C@H](OC(=O)CCN1C(=O)[C@H]2CC=CC[C@@H]2C1=O)C(=O)NC(N)=O. The molecule has 1 heterocycles. The number of nitrogens with zero attached hydrogens (tertiary/aromatic N) is 1. The lowest BCUT2D eigenvalue weighted by Crippen LogP contribution is -2.42. The van der Waals surface area contributed by atoms with Crippen LogP contribution in [-0.4, -0.2) is 47.3 Å². The second-order valence-corrected chi connectivity index (χ2v) is 5.72. The van der Waals surface area contributed by atoms with Crippen molar-refractivity contribution in [3.8, 4) is 0 Å². The van der Waals surface area contributed by atoms with Crippen molar-refractivity contribution >= 4 is 29.7 Å². The summed E-state index contributed by atoms with van der Waals surface area (Å²) >= 11 is 0. The molecule has 130 valence electrons. The first-order valence-corrected chi connectivity index (χ1v) is 7.61. The monoisotopic (exact) mass is 337 g/mol. The van der Waals surface area contributed by atoms with Crippen LogP contribution >= 0.6 is 0 Å². The van der Waals surface area contributed by atoms with E-state index in [1.807, 2.05) is 12.2 Å². The lowest BCUT2D eigenvalue weighted by molar-refractivity contribution is -0.155. The highest BCUT2D eigenvalue weighted by atomic mass is 16.5. The Balaban J connectivity index is 1.84. The van der Waals surface area contributed by atoms with Crippen LogP contribution in [0.3, 0.4) is 0 Å². The molecule has 0 aromatic rings. The van der Waals surface area contributed by atoms with Crippen LogP contribution in [-0.2, 0) is 23.9 Å². The molecular formula is C15H19N3O6. The first-order chi connectivity index (χ1) is 11.3. The van der Waals surface area contributed by atoms with Crippen molar-refractivity contribution in [1.29, 1.82) is 0 Å². The van der Waals surface area contributed by atoms with E-state index in [0.717, 1.165) is 4.90 Å². The van der Waals surface area contributed by atoms with Crippen molar-refractivity contribution < 1.29 is 28.7 Å². The molecule has 1 aliphatic carbocycles. The van der Waals surface area contributed by atoms with Crippen LogP contribution in [0.15, 0.2) is 12.2 Å². The molecule has 5 amide bonds. The van der Waals surface area contributed by atoms with E-state index in [4.69, 9.17) is 10.5 Å². The zero-order valence-electron chi connectivity index (χ0n) is 13.2. The standard InChI is InChI=1S/C15H19N3O6/c1-8(12(20)17-15(16)23)24-11(19)6-7-18-13(21)9-4-2-3-5-10(9)14(18)22/h2-3,8-10H,4-7H2,1H3,(H3,16,17,20,23)/t8-,9-,10-/m0/s1. The number of carbonyl (C=O) groups excluding carboxylic acids is 5. The molecule has 24 heavy (non-hydrogen) atoms. The number of rotatable bonds is 5. The van der Waals surface area contributed by atoms with Gasteiger partial charge in [0.25, 0.3) is 5.91 Å². The van der Waals surface area contributed by atoms with Crippen molar-refractivity contribution in [2.45, 2.75) is 32.3 Å². The van der Waals surface area contributed by atoms with E-state index in [1.165, 1.54) is 6.92 Å². The number of urea groups is 1. The second-order valence-electron chi connectivity index (χ2n) is 5.72. The molecule has 1 saturated heterocycles. The minimum atomic E-state index is -1.21. The average Bonchev–Trinajstić information content (AvgIpc) is 2.76. The van der Waals surface area contributed by atoms with E-state index < -0.39 is 24.0 Å². The summed E-state index contributed by atoms with van der Waals surface area (Å²) in [4.78, 5) is 59.2.